The largest absolute Gasteiger partial charge is 0.384 e. The predicted molar refractivity (Wildman–Crippen MR) is 206 cm³/mol. The molecule has 18 nitrogen and oxygen atoms in total. The number of alkyl halides is 2. The molecule has 21 heteroatoms. The molecule has 3 aliphatic rings. The molecule has 2 saturated carbocycles. The van der Waals surface area contributed by atoms with E-state index in [0.717, 1.165) is 69.2 Å². The van der Waals surface area contributed by atoms with Crippen LogP contribution in [0, 0.1) is 5.92 Å². The van der Waals surface area contributed by atoms with Gasteiger partial charge in [-0.1, -0.05) is 37.3 Å². The standard InChI is InChI=1S/C38H53F2N9O9S/c1-38(2,56)30-20-43-47-49(30)25-19-29(34(53)45-27(31(50)32(41)51)10-6-7-17-42-37(55)44-24-13-14-24)48(21-25)35(54)28(18-22-8-4-3-5-9-22)46-33(52)23-11-15-26(16-12-23)59(57,58)36(39)40/h11-12,15-16,20,22,24-25,27-29,36,56H,3-10,13-14,17-19,21H2,1-2H3,(H2,41,51)(H,45,53)(H,46,52)(H2,42,44,55)/t25-,27?,28+,29-/m0/s1. The number of hydrogen-bond donors (Lipinski definition) is 6. The summed E-state index contributed by atoms with van der Waals surface area (Å²) in [6.07, 6.45) is 8.39. The molecule has 1 aliphatic heterocycles. The fourth-order valence-electron chi connectivity index (χ4n) is 7.60. The van der Waals surface area contributed by atoms with Crippen molar-refractivity contribution in [1.82, 2.24) is 41.2 Å². The average Bonchev–Trinajstić information content (AvgIpc) is 3.65. The van der Waals surface area contributed by atoms with E-state index in [1.807, 2.05) is 0 Å². The molecule has 5 rings (SSSR count). The predicted octanol–water partition coefficient (Wildman–Crippen LogP) is 1.58. The number of likely N-dealkylation sites (tertiary alicyclic amines) is 1. The number of carbonyl (C=O) groups excluding carboxylic acids is 6. The highest BCUT2D eigenvalue weighted by Gasteiger charge is 2.45. The van der Waals surface area contributed by atoms with Gasteiger partial charge in [0.25, 0.3) is 11.8 Å². The maximum absolute atomic E-state index is 14.7. The number of hydrogen-bond acceptors (Lipinski definition) is 11. The molecule has 324 valence electrons. The summed E-state index contributed by atoms with van der Waals surface area (Å²) in [4.78, 5) is 80.3. The molecule has 2 aliphatic carbocycles. The van der Waals surface area contributed by atoms with Gasteiger partial charge in [-0.15, -0.1) is 5.10 Å². The molecular formula is C38H53F2N9O9S. The number of nitrogens with one attached hydrogen (secondary N) is 4. The summed E-state index contributed by atoms with van der Waals surface area (Å²) >= 11 is 0. The summed E-state index contributed by atoms with van der Waals surface area (Å²) in [6.45, 7) is 3.17. The van der Waals surface area contributed by atoms with E-state index in [1.54, 1.807) is 0 Å². The SMILES string of the molecule is CC(C)(O)c1cnnn1[C@H]1C[C@@H](C(=O)NC(CCCCNC(=O)NC2CC2)C(=O)C(N)=O)N(C(=O)[C@@H](CC2CCCCC2)NC(=O)c2ccc(S(=O)(=O)C(F)F)cc2)C1. The molecule has 4 atom stereocenters. The Morgan fingerprint density at radius 3 is 2.25 bits per heavy atom. The van der Waals surface area contributed by atoms with Crippen LogP contribution < -0.4 is 27.0 Å². The van der Waals surface area contributed by atoms with Gasteiger partial charge in [0.2, 0.25) is 27.4 Å². The van der Waals surface area contributed by atoms with Crippen molar-refractivity contribution in [1.29, 1.82) is 0 Å². The number of rotatable bonds is 19. The summed E-state index contributed by atoms with van der Waals surface area (Å²) in [6, 6.07) is -0.822. The maximum Gasteiger partial charge on any atom is 0.341 e. The normalized spacial score (nSPS) is 19.8. The monoisotopic (exact) mass is 849 g/mol. The quantitative estimate of drug-likeness (QED) is 0.0873. The lowest BCUT2D eigenvalue weighted by molar-refractivity contribution is -0.142. The molecule has 7 N–H and O–H groups in total. The summed E-state index contributed by atoms with van der Waals surface area (Å²) in [5.74, 6) is -8.20. The van der Waals surface area contributed by atoms with Gasteiger partial charge in [-0.25, -0.2) is 17.9 Å². The van der Waals surface area contributed by atoms with Gasteiger partial charge in [-0.05, 0) is 82.6 Å². The first-order valence-electron chi connectivity index (χ1n) is 19.9. The first-order chi connectivity index (χ1) is 27.9. The Morgan fingerprint density at radius 1 is 0.966 bits per heavy atom. The highest BCUT2D eigenvalue weighted by atomic mass is 32.2. The van der Waals surface area contributed by atoms with E-state index < -0.39 is 79.7 Å². The summed E-state index contributed by atoms with van der Waals surface area (Å²) < 4.78 is 51.7. The lowest BCUT2D eigenvalue weighted by Gasteiger charge is -2.32. The molecule has 1 unspecified atom stereocenters. The van der Waals surface area contributed by atoms with Crippen LogP contribution in [0.1, 0.15) is 113 Å². The molecule has 2 heterocycles. The number of aliphatic hydroxyl groups is 1. The van der Waals surface area contributed by atoms with Crippen molar-refractivity contribution >= 4 is 45.3 Å². The van der Waals surface area contributed by atoms with Crippen molar-refractivity contribution in [2.75, 3.05) is 13.1 Å². The number of sulfone groups is 1. The molecule has 59 heavy (non-hydrogen) atoms. The van der Waals surface area contributed by atoms with Gasteiger partial charge in [-0.3, -0.25) is 24.0 Å². The third-order valence-corrected chi connectivity index (χ3v) is 12.4. The van der Waals surface area contributed by atoms with Gasteiger partial charge in [0.1, 0.15) is 17.7 Å². The van der Waals surface area contributed by atoms with E-state index >= 15 is 0 Å². The third-order valence-electron chi connectivity index (χ3n) is 11.0. The second-order valence-electron chi connectivity index (χ2n) is 16.1. The minimum atomic E-state index is -4.92. The van der Waals surface area contributed by atoms with Crippen LogP contribution in [0.25, 0.3) is 0 Å². The van der Waals surface area contributed by atoms with Crippen LogP contribution in [0.4, 0.5) is 13.6 Å². The summed E-state index contributed by atoms with van der Waals surface area (Å²) in [5.41, 5.74) is 4.13. The maximum atomic E-state index is 14.7. The number of primary amides is 1. The number of urea groups is 1. The Morgan fingerprint density at radius 2 is 1.64 bits per heavy atom. The zero-order valence-electron chi connectivity index (χ0n) is 33.1. The Bertz CT molecular complexity index is 1960. The fourth-order valence-corrected chi connectivity index (χ4v) is 8.32. The molecule has 3 fully saturated rings. The van der Waals surface area contributed by atoms with Crippen molar-refractivity contribution in [2.45, 2.75) is 137 Å². The summed E-state index contributed by atoms with van der Waals surface area (Å²) in [5, 5.41) is 29.8. The van der Waals surface area contributed by atoms with Crippen LogP contribution >= 0.6 is 0 Å². The smallest absolute Gasteiger partial charge is 0.341 e. The topological polar surface area (TPSA) is 265 Å². The third kappa shape index (κ3) is 11.8. The van der Waals surface area contributed by atoms with Gasteiger partial charge >= 0.3 is 11.8 Å². The number of unbranched alkanes of at least 4 members (excludes halogenated alkanes) is 1. The van der Waals surface area contributed by atoms with Gasteiger partial charge < -0.3 is 37.0 Å². The lowest BCUT2D eigenvalue weighted by Crippen LogP contribution is -2.56. The number of benzene rings is 1. The molecule has 1 aromatic heterocycles. The number of halogens is 2. The molecule has 6 amide bonds. The van der Waals surface area contributed by atoms with E-state index in [0.29, 0.717) is 18.5 Å². The van der Waals surface area contributed by atoms with E-state index in [4.69, 9.17) is 5.73 Å². The molecule has 1 saturated heterocycles. The molecule has 0 radical (unpaired) electrons. The van der Waals surface area contributed by atoms with Gasteiger partial charge in [0.15, 0.2) is 0 Å². The Labute approximate surface area is 340 Å². The Hall–Kier alpha value is -5.05. The van der Waals surface area contributed by atoms with Crippen LogP contribution in [0.3, 0.4) is 0 Å². The van der Waals surface area contributed by atoms with Crippen molar-refractivity contribution in [2.24, 2.45) is 11.7 Å². The van der Waals surface area contributed by atoms with Crippen molar-refractivity contribution in [3.05, 3.63) is 41.7 Å². The van der Waals surface area contributed by atoms with E-state index in [1.165, 1.54) is 29.6 Å². The second kappa shape index (κ2) is 19.3. The van der Waals surface area contributed by atoms with Crippen LogP contribution in [0.15, 0.2) is 35.4 Å². The molecular weight excluding hydrogens is 797 g/mol. The zero-order chi connectivity index (χ0) is 43.1. The molecule has 0 spiro atoms. The van der Waals surface area contributed by atoms with E-state index in [2.05, 4.69) is 31.6 Å². The number of aromatic nitrogens is 3. The number of ketones is 1. The number of amides is 6. The number of Topliss-reactive ketones (excluding diaryl/α,β-unsaturated/α-hetero) is 1. The van der Waals surface area contributed by atoms with E-state index in [9.17, 15) is 51.1 Å². The van der Waals surface area contributed by atoms with Gasteiger partial charge in [0, 0.05) is 31.1 Å². The van der Waals surface area contributed by atoms with Crippen LogP contribution in [0.5, 0.6) is 0 Å². The first kappa shape index (κ1) is 45.0. The number of carbonyl (C=O) groups is 6. The molecule has 1 aromatic carbocycles. The average molecular weight is 850 g/mol. The minimum Gasteiger partial charge on any atom is -0.384 e. The minimum absolute atomic E-state index is 0.00672. The lowest BCUT2D eigenvalue weighted by atomic mass is 9.84. The Kier molecular flexibility index (Phi) is 14.8. The van der Waals surface area contributed by atoms with Gasteiger partial charge in [-0.2, -0.15) is 8.78 Å². The molecule has 0 bridgehead atoms. The van der Waals surface area contributed by atoms with Crippen molar-refractivity contribution < 1.29 is 51.1 Å². The van der Waals surface area contributed by atoms with Crippen LogP contribution in [-0.4, -0.2) is 112 Å². The first-order valence-corrected chi connectivity index (χ1v) is 21.5. The Balaban J connectivity index is 1.39. The molecule has 2 aromatic rings. The van der Waals surface area contributed by atoms with Gasteiger partial charge in [0.05, 0.1) is 28.9 Å². The van der Waals surface area contributed by atoms with Crippen molar-refractivity contribution in [3.63, 3.8) is 0 Å². The second-order valence-corrected chi connectivity index (χ2v) is 18.0. The van der Waals surface area contributed by atoms with E-state index in [-0.39, 0.29) is 55.9 Å². The van der Waals surface area contributed by atoms with Crippen LogP contribution in [-0.2, 0) is 34.6 Å². The van der Waals surface area contributed by atoms with Crippen LogP contribution in [0.2, 0.25) is 0 Å². The highest BCUT2D eigenvalue weighted by Crippen LogP contribution is 2.34. The zero-order valence-corrected chi connectivity index (χ0v) is 33.9. The highest BCUT2D eigenvalue weighted by molar-refractivity contribution is 7.91. The fraction of sp³-hybridized carbons (Fsp3) is 0.632. The summed E-state index contributed by atoms with van der Waals surface area (Å²) in [7, 11) is -4.92. The number of nitrogens with zero attached hydrogens (tertiary/aromatic N) is 4. The van der Waals surface area contributed by atoms with Crippen molar-refractivity contribution in [3.8, 4) is 0 Å². The number of nitrogens with two attached hydrogens (primary N) is 1.